The molecule has 2 aromatic heterocycles. The van der Waals surface area contributed by atoms with Crippen molar-refractivity contribution >= 4 is 17.3 Å². The number of furan rings is 1. The Labute approximate surface area is 138 Å². The van der Waals surface area contributed by atoms with Gasteiger partial charge in [-0.3, -0.25) is 4.79 Å². The minimum Gasteiger partial charge on any atom is -0.467 e. The van der Waals surface area contributed by atoms with Crippen molar-refractivity contribution in [1.29, 1.82) is 0 Å². The lowest BCUT2D eigenvalue weighted by atomic mass is 10.2. The Bertz CT molecular complexity index is 829. The first-order valence-electron chi connectivity index (χ1n) is 7.18. The number of aromatic nitrogens is 2. The number of halogens is 1. The van der Waals surface area contributed by atoms with Crippen LogP contribution in [0.3, 0.4) is 0 Å². The van der Waals surface area contributed by atoms with Crippen LogP contribution in [-0.2, 0) is 13.1 Å². The second kappa shape index (κ2) is 6.71. The minimum absolute atomic E-state index is 0.157. The Morgan fingerprint density at radius 3 is 2.70 bits per heavy atom. The highest BCUT2D eigenvalue weighted by Crippen LogP contribution is 2.21. The Kier molecular flexibility index (Phi) is 4.48. The minimum atomic E-state index is -0.306. The molecule has 0 N–H and O–H groups in total. The Hall–Kier alpha value is -2.53. The standard InChI is InChI=1S/C17H16ClN3O2/c1-20(12-14-8-5-9-23-14)15-10-19-21(17(22)16(15)18)11-13-6-3-2-4-7-13/h2-10H,11-12H2,1H3. The fraction of sp³-hybridized carbons (Fsp3) is 0.176. The third-order valence-corrected chi connectivity index (χ3v) is 3.88. The SMILES string of the molecule is CN(Cc1ccco1)c1cnn(Cc2ccccc2)c(=O)c1Cl. The van der Waals surface area contributed by atoms with Crippen LogP contribution in [0.15, 0.2) is 64.1 Å². The van der Waals surface area contributed by atoms with Crippen LogP contribution in [0, 0.1) is 0 Å². The maximum atomic E-state index is 12.4. The van der Waals surface area contributed by atoms with Crippen LogP contribution in [0.2, 0.25) is 5.02 Å². The summed E-state index contributed by atoms with van der Waals surface area (Å²) in [5.74, 6) is 0.789. The van der Waals surface area contributed by atoms with Gasteiger partial charge in [-0.2, -0.15) is 5.10 Å². The summed E-state index contributed by atoms with van der Waals surface area (Å²) in [5, 5.41) is 4.39. The molecule has 118 valence electrons. The maximum absolute atomic E-state index is 12.4. The smallest absolute Gasteiger partial charge is 0.287 e. The van der Waals surface area contributed by atoms with Crippen LogP contribution in [-0.4, -0.2) is 16.8 Å². The molecule has 23 heavy (non-hydrogen) atoms. The van der Waals surface area contributed by atoms with Gasteiger partial charge in [0, 0.05) is 7.05 Å². The molecule has 0 saturated carbocycles. The fourth-order valence-electron chi connectivity index (χ4n) is 2.31. The number of benzene rings is 1. The lowest BCUT2D eigenvalue weighted by Crippen LogP contribution is -2.27. The highest BCUT2D eigenvalue weighted by atomic mass is 35.5. The van der Waals surface area contributed by atoms with Gasteiger partial charge in [-0.25, -0.2) is 4.68 Å². The van der Waals surface area contributed by atoms with Crippen LogP contribution in [0.1, 0.15) is 11.3 Å². The van der Waals surface area contributed by atoms with E-state index in [9.17, 15) is 4.79 Å². The van der Waals surface area contributed by atoms with Crippen molar-refractivity contribution in [3.63, 3.8) is 0 Å². The largest absolute Gasteiger partial charge is 0.467 e. The number of hydrogen-bond acceptors (Lipinski definition) is 4. The van der Waals surface area contributed by atoms with E-state index in [0.29, 0.717) is 18.8 Å². The fourth-order valence-corrected chi connectivity index (χ4v) is 2.60. The van der Waals surface area contributed by atoms with Gasteiger partial charge in [0.05, 0.1) is 31.2 Å². The molecular formula is C17H16ClN3O2. The van der Waals surface area contributed by atoms with E-state index in [1.165, 1.54) is 4.68 Å². The second-order valence-corrected chi connectivity index (χ2v) is 5.61. The average Bonchev–Trinajstić information content (AvgIpc) is 3.06. The van der Waals surface area contributed by atoms with Gasteiger partial charge in [0.2, 0.25) is 0 Å². The van der Waals surface area contributed by atoms with E-state index in [1.807, 2.05) is 54.4 Å². The zero-order valence-electron chi connectivity index (χ0n) is 12.6. The first-order valence-corrected chi connectivity index (χ1v) is 7.56. The van der Waals surface area contributed by atoms with Crippen LogP contribution in [0.4, 0.5) is 5.69 Å². The van der Waals surface area contributed by atoms with Crippen molar-refractivity contribution in [2.24, 2.45) is 0 Å². The Morgan fingerprint density at radius 2 is 2.00 bits per heavy atom. The topological polar surface area (TPSA) is 51.3 Å². The molecule has 3 aromatic rings. The zero-order chi connectivity index (χ0) is 16.2. The molecule has 0 saturated heterocycles. The molecule has 5 nitrogen and oxygen atoms in total. The van der Waals surface area contributed by atoms with E-state index in [4.69, 9.17) is 16.0 Å². The van der Waals surface area contributed by atoms with Crippen molar-refractivity contribution in [3.05, 3.63) is 81.6 Å². The summed E-state index contributed by atoms with van der Waals surface area (Å²) in [7, 11) is 1.84. The Balaban J connectivity index is 1.84. The molecule has 0 aliphatic carbocycles. The second-order valence-electron chi connectivity index (χ2n) is 5.23. The number of rotatable bonds is 5. The maximum Gasteiger partial charge on any atom is 0.287 e. The molecule has 0 radical (unpaired) electrons. The molecule has 0 unspecified atom stereocenters. The molecule has 0 amide bonds. The van der Waals surface area contributed by atoms with E-state index >= 15 is 0 Å². The lowest BCUT2D eigenvalue weighted by Gasteiger charge is -2.19. The monoisotopic (exact) mass is 329 g/mol. The molecule has 6 heteroatoms. The van der Waals surface area contributed by atoms with Crippen LogP contribution < -0.4 is 10.5 Å². The van der Waals surface area contributed by atoms with Crippen LogP contribution in [0.25, 0.3) is 0 Å². The molecule has 0 aliphatic heterocycles. The van der Waals surface area contributed by atoms with E-state index in [0.717, 1.165) is 11.3 Å². The van der Waals surface area contributed by atoms with E-state index in [1.54, 1.807) is 12.5 Å². The van der Waals surface area contributed by atoms with Crippen LogP contribution >= 0.6 is 11.6 Å². The van der Waals surface area contributed by atoms with Crippen molar-refractivity contribution in [3.8, 4) is 0 Å². The number of hydrogen-bond donors (Lipinski definition) is 0. The van der Waals surface area contributed by atoms with E-state index < -0.39 is 0 Å². The molecule has 2 heterocycles. The molecule has 0 spiro atoms. The molecule has 0 atom stereocenters. The summed E-state index contributed by atoms with van der Waals surface area (Å²) in [6, 6.07) is 13.4. The van der Waals surface area contributed by atoms with Crippen molar-refractivity contribution in [1.82, 2.24) is 9.78 Å². The van der Waals surface area contributed by atoms with Crippen LogP contribution in [0.5, 0.6) is 0 Å². The average molecular weight is 330 g/mol. The van der Waals surface area contributed by atoms with Gasteiger partial charge < -0.3 is 9.32 Å². The summed E-state index contributed by atoms with van der Waals surface area (Å²) >= 11 is 6.25. The van der Waals surface area contributed by atoms with Gasteiger partial charge in [-0.1, -0.05) is 41.9 Å². The third-order valence-electron chi connectivity index (χ3n) is 3.53. The first-order chi connectivity index (χ1) is 11.1. The number of nitrogens with zero attached hydrogens (tertiary/aromatic N) is 3. The molecule has 3 rings (SSSR count). The van der Waals surface area contributed by atoms with Gasteiger partial charge in [-0.05, 0) is 17.7 Å². The molecule has 0 bridgehead atoms. The molecule has 1 aromatic carbocycles. The van der Waals surface area contributed by atoms with Gasteiger partial charge in [0.1, 0.15) is 10.8 Å². The summed E-state index contributed by atoms with van der Waals surface area (Å²) < 4.78 is 6.67. The Morgan fingerprint density at radius 1 is 1.22 bits per heavy atom. The van der Waals surface area contributed by atoms with Gasteiger partial charge in [-0.15, -0.1) is 0 Å². The molecule has 0 aliphatic rings. The summed E-state index contributed by atoms with van der Waals surface area (Å²) in [6.07, 6.45) is 3.22. The summed E-state index contributed by atoms with van der Waals surface area (Å²) in [4.78, 5) is 14.3. The van der Waals surface area contributed by atoms with E-state index in [2.05, 4.69) is 5.10 Å². The molecular weight excluding hydrogens is 314 g/mol. The van der Waals surface area contributed by atoms with Crippen molar-refractivity contribution in [2.45, 2.75) is 13.1 Å². The van der Waals surface area contributed by atoms with Gasteiger partial charge in [0.15, 0.2) is 0 Å². The predicted octanol–water partition coefficient (Wildman–Crippen LogP) is 3.17. The highest BCUT2D eigenvalue weighted by Gasteiger charge is 2.14. The third kappa shape index (κ3) is 3.46. The highest BCUT2D eigenvalue weighted by molar-refractivity contribution is 6.33. The number of anilines is 1. The summed E-state index contributed by atoms with van der Waals surface area (Å²) in [6.45, 7) is 0.901. The molecule has 0 fully saturated rings. The lowest BCUT2D eigenvalue weighted by molar-refractivity contribution is 0.507. The zero-order valence-corrected chi connectivity index (χ0v) is 13.4. The summed E-state index contributed by atoms with van der Waals surface area (Å²) in [5.41, 5.74) is 1.27. The van der Waals surface area contributed by atoms with E-state index in [-0.39, 0.29) is 10.6 Å². The van der Waals surface area contributed by atoms with Crippen molar-refractivity contribution < 1.29 is 4.42 Å². The normalized spacial score (nSPS) is 10.7. The quantitative estimate of drug-likeness (QED) is 0.721. The predicted molar refractivity (Wildman–Crippen MR) is 89.9 cm³/mol. The van der Waals surface area contributed by atoms with Gasteiger partial charge >= 0.3 is 0 Å². The first kappa shape index (κ1) is 15.4. The van der Waals surface area contributed by atoms with Gasteiger partial charge in [0.25, 0.3) is 5.56 Å². The van der Waals surface area contributed by atoms with Crippen molar-refractivity contribution in [2.75, 3.05) is 11.9 Å².